The fourth-order valence-electron chi connectivity index (χ4n) is 1.16. The molecule has 0 aromatic carbocycles. The number of nitrogens with zero attached hydrogens (tertiary/aromatic N) is 4. The predicted molar refractivity (Wildman–Crippen MR) is 56.9 cm³/mol. The molecule has 0 aliphatic heterocycles. The highest BCUT2D eigenvalue weighted by Gasteiger charge is 2.01. The van der Waals surface area contributed by atoms with E-state index in [1.54, 1.807) is 29.5 Å². The normalized spacial score (nSPS) is 10.5. The minimum atomic E-state index is 0.580. The molecular weight excluding hydrogens is 214 g/mol. The molecule has 0 spiro atoms. The fraction of sp³-hybridized carbons (Fsp3) is 0.222. The lowest BCUT2D eigenvalue weighted by Crippen LogP contribution is -2.08. The zero-order chi connectivity index (χ0) is 10.7. The van der Waals surface area contributed by atoms with Crippen LogP contribution < -0.4 is 5.32 Å². The molecule has 2 aromatic rings. The van der Waals surface area contributed by atoms with Gasteiger partial charge in [0.15, 0.2) is 5.82 Å². The van der Waals surface area contributed by atoms with Gasteiger partial charge in [-0.3, -0.25) is 4.98 Å². The average Bonchev–Trinajstić information content (AvgIpc) is 2.67. The van der Waals surface area contributed by atoms with Crippen molar-refractivity contribution in [1.82, 2.24) is 25.1 Å². The monoisotopic (exact) mass is 223 g/mol. The van der Waals surface area contributed by atoms with Crippen molar-refractivity contribution in [2.75, 3.05) is 7.05 Å². The van der Waals surface area contributed by atoms with E-state index >= 15 is 0 Å². The van der Waals surface area contributed by atoms with Gasteiger partial charge in [0.2, 0.25) is 0 Å². The van der Waals surface area contributed by atoms with Gasteiger partial charge >= 0.3 is 0 Å². The summed E-state index contributed by atoms with van der Waals surface area (Å²) in [4.78, 5) is 8.45. The number of hydrogen-bond donors (Lipinski definition) is 1. The maximum atomic E-state index is 5.75. The second-order valence-electron chi connectivity index (χ2n) is 3.00. The van der Waals surface area contributed by atoms with Gasteiger partial charge in [0.25, 0.3) is 0 Å². The molecule has 0 unspecified atom stereocenters. The number of rotatable bonds is 3. The molecule has 15 heavy (non-hydrogen) atoms. The summed E-state index contributed by atoms with van der Waals surface area (Å²) in [5.74, 6) is 0.654. The van der Waals surface area contributed by atoms with Crippen LogP contribution in [0.4, 0.5) is 0 Å². The van der Waals surface area contributed by atoms with Gasteiger partial charge in [-0.15, -0.1) is 0 Å². The van der Waals surface area contributed by atoms with Gasteiger partial charge in [-0.05, 0) is 7.05 Å². The van der Waals surface area contributed by atoms with Crippen LogP contribution in [0, 0.1) is 0 Å². The van der Waals surface area contributed by atoms with Crippen LogP contribution in [0.3, 0.4) is 0 Å². The van der Waals surface area contributed by atoms with E-state index in [-0.39, 0.29) is 0 Å². The molecule has 0 aliphatic carbocycles. The first-order valence-corrected chi connectivity index (χ1v) is 4.83. The highest BCUT2D eigenvalue weighted by Crippen LogP contribution is 2.08. The molecule has 1 N–H and O–H groups in total. The summed E-state index contributed by atoms with van der Waals surface area (Å²) in [6.45, 7) is 0.702. The maximum absolute atomic E-state index is 5.75. The summed E-state index contributed by atoms with van der Waals surface area (Å²) in [5.41, 5.74) is 0.888. The molecular formula is C9H10ClN5. The average molecular weight is 224 g/mol. The Hall–Kier alpha value is -1.46. The van der Waals surface area contributed by atoms with Crippen LogP contribution in [0.1, 0.15) is 5.69 Å². The molecule has 0 fully saturated rings. The second kappa shape index (κ2) is 4.37. The standard InChI is InChI=1S/C9H10ClN5/c1-11-3-8-4-13-9(5-12-8)15-6-7(10)2-14-15/h2,4-6,11H,3H2,1H3. The Morgan fingerprint density at radius 2 is 2.20 bits per heavy atom. The van der Waals surface area contributed by atoms with Crippen molar-refractivity contribution in [3.63, 3.8) is 0 Å². The smallest absolute Gasteiger partial charge is 0.171 e. The van der Waals surface area contributed by atoms with Crippen LogP contribution in [-0.2, 0) is 6.54 Å². The van der Waals surface area contributed by atoms with Crippen LogP contribution in [-0.4, -0.2) is 26.8 Å². The van der Waals surface area contributed by atoms with Gasteiger partial charge in [0.05, 0.1) is 35.5 Å². The molecule has 0 amide bonds. The minimum Gasteiger partial charge on any atom is -0.314 e. The Kier molecular flexibility index (Phi) is 2.94. The largest absolute Gasteiger partial charge is 0.314 e. The second-order valence-corrected chi connectivity index (χ2v) is 3.44. The number of aromatic nitrogens is 4. The molecule has 0 aliphatic rings. The lowest BCUT2D eigenvalue weighted by molar-refractivity contribution is 0.770. The Morgan fingerprint density at radius 3 is 2.73 bits per heavy atom. The molecule has 0 radical (unpaired) electrons. The molecule has 78 valence electrons. The highest BCUT2D eigenvalue weighted by molar-refractivity contribution is 6.30. The van der Waals surface area contributed by atoms with Crippen LogP contribution in [0.15, 0.2) is 24.8 Å². The van der Waals surface area contributed by atoms with Crippen molar-refractivity contribution in [2.45, 2.75) is 6.54 Å². The van der Waals surface area contributed by atoms with E-state index in [1.807, 2.05) is 7.05 Å². The molecule has 0 atom stereocenters. The molecule has 2 aromatic heterocycles. The van der Waals surface area contributed by atoms with Crippen LogP contribution in [0.2, 0.25) is 5.02 Å². The van der Waals surface area contributed by atoms with E-state index in [9.17, 15) is 0 Å². The number of nitrogens with one attached hydrogen (secondary N) is 1. The molecule has 0 saturated carbocycles. The van der Waals surface area contributed by atoms with Gasteiger partial charge in [-0.2, -0.15) is 5.10 Å². The fourth-order valence-corrected chi connectivity index (χ4v) is 1.30. The first-order chi connectivity index (χ1) is 7.29. The Balaban J connectivity index is 2.23. The van der Waals surface area contributed by atoms with Gasteiger partial charge in [0.1, 0.15) is 0 Å². The van der Waals surface area contributed by atoms with E-state index in [0.29, 0.717) is 17.4 Å². The minimum absolute atomic E-state index is 0.580. The zero-order valence-corrected chi connectivity index (χ0v) is 8.94. The Morgan fingerprint density at radius 1 is 1.33 bits per heavy atom. The molecule has 6 heteroatoms. The quantitative estimate of drug-likeness (QED) is 0.845. The third-order valence-corrected chi connectivity index (χ3v) is 2.03. The summed E-state index contributed by atoms with van der Waals surface area (Å²) in [6, 6.07) is 0. The van der Waals surface area contributed by atoms with Crippen molar-refractivity contribution < 1.29 is 0 Å². The number of halogens is 1. The Bertz CT molecular complexity index is 436. The molecule has 2 rings (SSSR count). The van der Waals surface area contributed by atoms with Crippen LogP contribution in [0.5, 0.6) is 0 Å². The van der Waals surface area contributed by atoms with E-state index < -0.39 is 0 Å². The summed E-state index contributed by atoms with van der Waals surface area (Å²) >= 11 is 5.75. The van der Waals surface area contributed by atoms with Crippen molar-refractivity contribution >= 4 is 11.6 Å². The summed E-state index contributed by atoms with van der Waals surface area (Å²) in [5, 5.41) is 7.61. The van der Waals surface area contributed by atoms with Gasteiger partial charge in [-0.1, -0.05) is 11.6 Å². The van der Waals surface area contributed by atoms with E-state index in [1.165, 1.54) is 0 Å². The van der Waals surface area contributed by atoms with Crippen molar-refractivity contribution in [3.05, 3.63) is 35.5 Å². The topological polar surface area (TPSA) is 55.6 Å². The van der Waals surface area contributed by atoms with Crippen LogP contribution >= 0.6 is 11.6 Å². The van der Waals surface area contributed by atoms with E-state index in [0.717, 1.165) is 5.69 Å². The third kappa shape index (κ3) is 2.31. The SMILES string of the molecule is CNCc1cnc(-n2cc(Cl)cn2)cn1. The number of hydrogen-bond acceptors (Lipinski definition) is 4. The van der Waals surface area contributed by atoms with Gasteiger partial charge in [0, 0.05) is 6.54 Å². The molecule has 2 heterocycles. The highest BCUT2D eigenvalue weighted by atomic mass is 35.5. The van der Waals surface area contributed by atoms with E-state index in [2.05, 4.69) is 20.4 Å². The lowest BCUT2D eigenvalue weighted by atomic mass is 10.4. The summed E-state index contributed by atoms with van der Waals surface area (Å²) in [6.07, 6.45) is 6.62. The third-order valence-electron chi connectivity index (χ3n) is 1.84. The lowest BCUT2D eigenvalue weighted by Gasteiger charge is -2.01. The van der Waals surface area contributed by atoms with Crippen molar-refractivity contribution in [2.24, 2.45) is 0 Å². The molecule has 0 bridgehead atoms. The summed E-state index contributed by atoms with van der Waals surface area (Å²) < 4.78 is 1.58. The molecule has 5 nitrogen and oxygen atoms in total. The summed E-state index contributed by atoms with van der Waals surface area (Å²) in [7, 11) is 1.86. The zero-order valence-electron chi connectivity index (χ0n) is 8.18. The molecule has 0 saturated heterocycles. The van der Waals surface area contributed by atoms with Gasteiger partial charge < -0.3 is 5.32 Å². The Labute approximate surface area is 92.1 Å². The first-order valence-electron chi connectivity index (χ1n) is 4.45. The van der Waals surface area contributed by atoms with Crippen molar-refractivity contribution in [1.29, 1.82) is 0 Å². The van der Waals surface area contributed by atoms with E-state index in [4.69, 9.17) is 11.6 Å². The first kappa shape index (κ1) is 10.1. The van der Waals surface area contributed by atoms with Crippen molar-refractivity contribution in [3.8, 4) is 5.82 Å². The predicted octanol–water partition coefficient (Wildman–Crippen LogP) is 1.04. The maximum Gasteiger partial charge on any atom is 0.171 e. The van der Waals surface area contributed by atoms with Gasteiger partial charge in [-0.25, -0.2) is 9.67 Å². The van der Waals surface area contributed by atoms with Crippen LogP contribution in [0.25, 0.3) is 5.82 Å².